The predicted octanol–water partition coefficient (Wildman–Crippen LogP) is 2.37. The molecule has 3 rings (SSSR count). The second-order valence-electron chi connectivity index (χ2n) is 6.16. The van der Waals surface area contributed by atoms with Gasteiger partial charge in [0.25, 0.3) is 11.6 Å². The number of para-hydroxylation sites is 1. The number of morpholine rings is 1. The molecule has 1 fully saturated rings. The van der Waals surface area contributed by atoms with Crippen molar-refractivity contribution in [3.8, 4) is 0 Å². The Morgan fingerprint density at radius 2 is 1.93 bits per heavy atom. The molecule has 0 unspecified atom stereocenters. The van der Waals surface area contributed by atoms with Crippen molar-refractivity contribution in [1.29, 1.82) is 0 Å². The first-order valence-electron chi connectivity index (χ1n) is 8.78. The molecule has 0 saturated carbocycles. The van der Waals surface area contributed by atoms with Crippen LogP contribution in [0.5, 0.6) is 0 Å². The molecule has 0 radical (unpaired) electrons. The van der Waals surface area contributed by atoms with Crippen LogP contribution in [0.1, 0.15) is 10.4 Å². The number of ether oxygens (including phenoxy) is 2. The van der Waals surface area contributed by atoms with Crippen LogP contribution in [0.15, 0.2) is 42.5 Å². The lowest BCUT2D eigenvalue weighted by atomic mass is 10.1. The molecule has 0 aliphatic carbocycles. The lowest BCUT2D eigenvalue weighted by molar-refractivity contribution is -0.384. The largest absolute Gasteiger partial charge is 0.452 e. The van der Waals surface area contributed by atoms with Gasteiger partial charge in [0.05, 0.1) is 35.1 Å². The number of esters is 1. The zero-order chi connectivity index (χ0) is 20.8. The van der Waals surface area contributed by atoms with E-state index >= 15 is 0 Å². The Balaban J connectivity index is 1.73. The van der Waals surface area contributed by atoms with Crippen molar-refractivity contribution in [2.45, 2.75) is 0 Å². The van der Waals surface area contributed by atoms with Crippen LogP contribution in [-0.4, -0.2) is 49.7 Å². The number of benzene rings is 2. The summed E-state index contributed by atoms with van der Waals surface area (Å²) in [6.45, 7) is 1.25. The van der Waals surface area contributed by atoms with Gasteiger partial charge in [-0.25, -0.2) is 9.18 Å². The van der Waals surface area contributed by atoms with Crippen LogP contribution in [0.25, 0.3) is 0 Å². The number of nitro groups is 1. The molecule has 1 N–H and O–H groups in total. The molecule has 1 aliphatic rings. The molecule has 1 amide bonds. The second-order valence-corrected chi connectivity index (χ2v) is 6.16. The van der Waals surface area contributed by atoms with Gasteiger partial charge >= 0.3 is 5.97 Å². The Kier molecular flexibility index (Phi) is 6.35. The predicted molar refractivity (Wildman–Crippen MR) is 101 cm³/mol. The fraction of sp³-hybridized carbons (Fsp3) is 0.263. The molecule has 9 nitrogen and oxygen atoms in total. The summed E-state index contributed by atoms with van der Waals surface area (Å²) >= 11 is 0. The van der Waals surface area contributed by atoms with E-state index in [1.54, 1.807) is 6.07 Å². The number of carbonyl (C=O) groups excluding carboxylic acids is 2. The van der Waals surface area contributed by atoms with E-state index in [1.165, 1.54) is 30.3 Å². The van der Waals surface area contributed by atoms with Gasteiger partial charge in [-0.15, -0.1) is 0 Å². The van der Waals surface area contributed by atoms with Gasteiger partial charge in [-0.2, -0.15) is 0 Å². The number of amides is 1. The third-order valence-electron chi connectivity index (χ3n) is 4.24. The van der Waals surface area contributed by atoms with E-state index in [4.69, 9.17) is 9.47 Å². The van der Waals surface area contributed by atoms with Crippen LogP contribution in [0, 0.1) is 15.9 Å². The number of hydrogen-bond acceptors (Lipinski definition) is 7. The van der Waals surface area contributed by atoms with E-state index in [2.05, 4.69) is 5.32 Å². The van der Waals surface area contributed by atoms with Gasteiger partial charge in [0.2, 0.25) is 0 Å². The molecule has 1 heterocycles. The van der Waals surface area contributed by atoms with Crippen molar-refractivity contribution >= 4 is 28.9 Å². The van der Waals surface area contributed by atoms with Crippen molar-refractivity contribution in [2.24, 2.45) is 0 Å². The maximum absolute atomic E-state index is 13.6. The monoisotopic (exact) mass is 403 g/mol. The van der Waals surface area contributed by atoms with Crippen LogP contribution >= 0.6 is 0 Å². The summed E-state index contributed by atoms with van der Waals surface area (Å²) in [7, 11) is 0. The molecule has 0 atom stereocenters. The summed E-state index contributed by atoms with van der Waals surface area (Å²) < 4.78 is 23.9. The molecular formula is C19H18FN3O6. The molecule has 0 aromatic heterocycles. The highest BCUT2D eigenvalue weighted by Gasteiger charge is 2.23. The molecule has 0 bridgehead atoms. The zero-order valence-corrected chi connectivity index (χ0v) is 15.3. The molecule has 29 heavy (non-hydrogen) atoms. The lowest BCUT2D eigenvalue weighted by Crippen LogP contribution is -2.37. The highest BCUT2D eigenvalue weighted by atomic mass is 19.1. The average Bonchev–Trinajstić information content (AvgIpc) is 2.74. The van der Waals surface area contributed by atoms with Crippen LogP contribution in [0.2, 0.25) is 0 Å². The number of hydrogen-bond donors (Lipinski definition) is 1. The minimum atomic E-state index is -0.890. The zero-order valence-electron chi connectivity index (χ0n) is 15.3. The number of rotatable bonds is 6. The number of non-ortho nitro benzene ring substituents is 1. The Morgan fingerprint density at radius 3 is 2.62 bits per heavy atom. The van der Waals surface area contributed by atoms with Crippen molar-refractivity contribution in [2.75, 3.05) is 43.1 Å². The first kappa shape index (κ1) is 20.2. The first-order valence-corrected chi connectivity index (χ1v) is 8.78. The van der Waals surface area contributed by atoms with Crippen LogP contribution in [0.3, 0.4) is 0 Å². The van der Waals surface area contributed by atoms with E-state index in [0.717, 1.165) is 6.07 Å². The van der Waals surface area contributed by atoms with Gasteiger partial charge in [-0.3, -0.25) is 14.9 Å². The Hall–Kier alpha value is -3.53. The topological polar surface area (TPSA) is 111 Å². The third kappa shape index (κ3) is 5.05. The minimum absolute atomic E-state index is 0.0280. The SMILES string of the molecule is O=C(COC(=O)c1cc([N+](=O)[O-])ccc1N1CCOCC1)Nc1ccccc1F. The highest BCUT2D eigenvalue weighted by Crippen LogP contribution is 2.27. The molecule has 0 spiro atoms. The first-order chi connectivity index (χ1) is 14.0. The molecule has 152 valence electrons. The highest BCUT2D eigenvalue weighted by molar-refractivity contribution is 5.99. The maximum Gasteiger partial charge on any atom is 0.341 e. The summed E-state index contributed by atoms with van der Waals surface area (Å²) in [5.74, 6) is -2.25. The normalized spacial score (nSPS) is 13.6. The lowest BCUT2D eigenvalue weighted by Gasteiger charge is -2.30. The van der Waals surface area contributed by atoms with Crippen molar-refractivity contribution < 1.29 is 28.4 Å². The van der Waals surface area contributed by atoms with Crippen molar-refractivity contribution in [3.63, 3.8) is 0 Å². The summed E-state index contributed by atoms with van der Waals surface area (Å²) in [5, 5.41) is 13.4. The Labute approximate surface area is 165 Å². The van der Waals surface area contributed by atoms with Crippen LogP contribution < -0.4 is 10.2 Å². The molecule has 10 heteroatoms. The number of anilines is 2. The molecular weight excluding hydrogens is 385 g/mol. The molecule has 2 aromatic rings. The Morgan fingerprint density at radius 1 is 1.21 bits per heavy atom. The minimum Gasteiger partial charge on any atom is -0.452 e. The summed E-state index contributed by atoms with van der Waals surface area (Å²) in [5.41, 5.74) is 0.112. The van der Waals surface area contributed by atoms with Crippen molar-refractivity contribution in [1.82, 2.24) is 0 Å². The fourth-order valence-electron chi connectivity index (χ4n) is 2.84. The maximum atomic E-state index is 13.6. The van der Waals surface area contributed by atoms with E-state index in [0.29, 0.717) is 32.0 Å². The third-order valence-corrected chi connectivity index (χ3v) is 4.24. The van der Waals surface area contributed by atoms with Crippen LogP contribution in [-0.2, 0) is 14.3 Å². The van der Waals surface area contributed by atoms with E-state index < -0.39 is 29.2 Å². The standard InChI is InChI=1S/C19H18FN3O6/c20-15-3-1-2-4-16(15)21-18(24)12-29-19(25)14-11-13(23(26)27)5-6-17(14)22-7-9-28-10-8-22/h1-6,11H,7-10,12H2,(H,21,24). The van der Waals surface area contributed by atoms with E-state index in [-0.39, 0.29) is 16.9 Å². The average molecular weight is 403 g/mol. The Bertz CT molecular complexity index is 930. The smallest absolute Gasteiger partial charge is 0.341 e. The van der Waals surface area contributed by atoms with Gasteiger partial charge in [0, 0.05) is 25.2 Å². The van der Waals surface area contributed by atoms with E-state index in [9.17, 15) is 24.1 Å². The summed E-state index contributed by atoms with van der Waals surface area (Å²) in [6, 6.07) is 9.45. The second kappa shape index (κ2) is 9.11. The number of nitro benzene ring substituents is 1. The number of nitrogens with zero attached hydrogens (tertiary/aromatic N) is 2. The van der Waals surface area contributed by atoms with Crippen LogP contribution in [0.4, 0.5) is 21.5 Å². The van der Waals surface area contributed by atoms with Gasteiger partial charge in [-0.1, -0.05) is 12.1 Å². The fourth-order valence-corrected chi connectivity index (χ4v) is 2.84. The summed E-state index contributed by atoms with van der Waals surface area (Å²) in [6.07, 6.45) is 0. The number of carbonyl (C=O) groups is 2. The number of nitrogens with one attached hydrogen (secondary N) is 1. The van der Waals surface area contributed by atoms with Gasteiger partial charge in [0.1, 0.15) is 5.82 Å². The quantitative estimate of drug-likeness (QED) is 0.448. The van der Waals surface area contributed by atoms with Gasteiger partial charge in [-0.05, 0) is 18.2 Å². The summed E-state index contributed by atoms with van der Waals surface area (Å²) in [4.78, 5) is 36.8. The molecule has 1 aliphatic heterocycles. The van der Waals surface area contributed by atoms with E-state index in [1.807, 2.05) is 4.90 Å². The molecule has 2 aromatic carbocycles. The van der Waals surface area contributed by atoms with Gasteiger partial charge < -0.3 is 19.7 Å². The number of halogens is 1. The van der Waals surface area contributed by atoms with Gasteiger partial charge in [0.15, 0.2) is 6.61 Å². The molecule has 1 saturated heterocycles. The van der Waals surface area contributed by atoms with Crippen molar-refractivity contribution in [3.05, 3.63) is 64.0 Å².